The van der Waals surface area contributed by atoms with Gasteiger partial charge in [-0.05, 0) is 6.92 Å². The zero-order valence-corrected chi connectivity index (χ0v) is 10.1. The number of nitrogens with zero attached hydrogens (tertiary/aromatic N) is 3. The van der Waals surface area contributed by atoms with Gasteiger partial charge >= 0.3 is 0 Å². The highest BCUT2D eigenvalue weighted by Crippen LogP contribution is 2.30. The van der Waals surface area contributed by atoms with E-state index in [1.165, 1.54) is 6.92 Å². The van der Waals surface area contributed by atoms with Crippen LogP contribution in [0.5, 0.6) is 0 Å². The van der Waals surface area contributed by atoms with Crippen LogP contribution in [0.2, 0.25) is 0 Å². The smallest absolute Gasteiger partial charge is 0.288 e. The minimum Gasteiger partial charge on any atom is -0.388 e. The molecule has 3 unspecified atom stereocenters. The molecule has 1 aromatic rings. The molecule has 0 aliphatic carbocycles. The predicted molar refractivity (Wildman–Crippen MR) is 59.8 cm³/mol. The molecule has 4 N–H and O–H groups in total. The number of aromatic nitrogens is 3. The molecule has 1 saturated heterocycles. The number of carbonyl (C=O) groups is 2. The maximum Gasteiger partial charge on any atom is 0.288 e. The molecule has 19 heavy (non-hydrogen) atoms. The van der Waals surface area contributed by atoms with E-state index in [1.54, 1.807) is 0 Å². The maximum absolute atomic E-state index is 11.0. The maximum atomic E-state index is 11.0. The largest absolute Gasteiger partial charge is 0.388 e. The summed E-state index contributed by atoms with van der Waals surface area (Å²) in [4.78, 5) is 25.5. The molecular weight excluding hydrogens is 256 g/mol. The van der Waals surface area contributed by atoms with Gasteiger partial charge in [0.15, 0.2) is 6.23 Å². The average Bonchev–Trinajstić information content (AvgIpc) is 2.89. The summed E-state index contributed by atoms with van der Waals surface area (Å²) in [5.41, 5.74) is 5.01. The molecular formula is C10H14N4O5. The van der Waals surface area contributed by atoms with Crippen molar-refractivity contribution in [3.8, 4) is 0 Å². The van der Waals surface area contributed by atoms with Crippen molar-refractivity contribution >= 4 is 11.7 Å². The Kier molecular flexibility index (Phi) is 3.60. The highest BCUT2D eigenvalue weighted by molar-refractivity contribution is 5.88. The van der Waals surface area contributed by atoms with E-state index >= 15 is 0 Å². The first kappa shape index (κ1) is 13.6. The van der Waals surface area contributed by atoms with Crippen LogP contribution in [-0.2, 0) is 9.53 Å². The van der Waals surface area contributed by atoms with Crippen LogP contribution < -0.4 is 5.73 Å². The zero-order chi connectivity index (χ0) is 14.2. The van der Waals surface area contributed by atoms with Gasteiger partial charge in [0.2, 0.25) is 5.82 Å². The van der Waals surface area contributed by atoms with Crippen molar-refractivity contribution in [2.75, 3.05) is 0 Å². The number of ether oxygens (including phenoxy) is 1. The lowest BCUT2D eigenvalue weighted by atomic mass is 10.1. The number of amides is 1. The first-order valence-electron chi connectivity index (χ1n) is 5.62. The van der Waals surface area contributed by atoms with Crippen molar-refractivity contribution in [2.45, 2.75) is 37.9 Å². The molecule has 1 amide bonds. The normalized spacial score (nSPS) is 30.5. The van der Waals surface area contributed by atoms with Gasteiger partial charge in [-0.1, -0.05) is 0 Å². The van der Waals surface area contributed by atoms with Crippen molar-refractivity contribution in [2.24, 2.45) is 5.73 Å². The van der Waals surface area contributed by atoms with Gasteiger partial charge in [-0.2, -0.15) is 0 Å². The Hall–Kier alpha value is -1.84. The molecule has 0 aromatic carbocycles. The summed E-state index contributed by atoms with van der Waals surface area (Å²) >= 11 is 0. The number of aliphatic hydroxyl groups excluding tert-OH is 2. The molecule has 1 aliphatic rings. The Morgan fingerprint density at radius 2 is 2.16 bits per heavy atom. The van der Waals surface area contributed by atoms with Crippen LogP contribution >= 0.6 is 0 Å². The molecule has 1 aliphatic heterocycles. The van der Waals surface area contributed by atoms with Gasteiger partial charge in [0.1, 0.15) is 24.3 Å². The molecule has 4 atom stereocenters. The van der Waals surface area contributed by atoms with Crippen molar-refractivity contribution in [3.63, 3.8) is 0 Å². The molecule has 0 saturated carbocycles. The van der Waals surface area contributed by atoms with Crippen LogP contribution in [0.15, 0.2) is 6.33 Å². The number of aliphatic hydroxyl groups is 2. The standard InChI is InChI=1S/C10H14N4O5/c1-4(15)2-5-6(16)7(17)10(19-5)14-3-12-9(13-14)8(11)18/h3,5-7,10,16-17H,2H2,1H3,(H2,11,18)/t5?,6?,7?,10-/m1/s1. The first-order valence-corrected chi connectivity index (χ1v) is 5.62. The number of rotatable bonds is 4. The monoisotopic (exact) mass is 270 g/mol. The van der Waals surface area contributed by atoms with Crippen molar-refractivity contribution in [1.29, 1.82) is 0 Å². The summed E-state index contributed by atoms with van der Waals surface area (Å²) in [5, 5.41) is 23.4. The van der Waals surface area contributed by atoms with Gasteiger partial charge in [0.05, 0.1) is 6.10 Å². The topological polar surface area (TPSA) is 141 Å². The van der Waals surface area contributed by atoms with E-state index in [1.807, 2.05) is 0 Å². The number of hydrogen-bond donors (Lipinski definition) is 3. The lowest BCUT2D eigenvalue weighted by Crippen LogP contribution is -2.32. The van der Waals surface area contributed by atoms with Crippen LogP contribution in [0, 0.1) is 0 Å². The minimum atomic E-state index is -1.27. The Balaban J connectivity index is 2.16. The fraction of sp³-hybridized carbons (Fsp3) is 0.600. The van der Waals surface area contributed by atoms with E-state index in [0.717, 1.165) is 11.0 Å². The zero-order valence-electron chi connectivity index (χ0n) is 10.1. The van der Waals surface area contributed by atoms with E-state index in [-0.39, 0.29) is 18.0 Å². The van der Waals surface area contributed by atoms with Gasteiger partial charge in [0.25, 0.3) is 5.91 Å². The second kappa shape index (κ2) is 5.03. The Bertz CT molecular complexity index is 502. The van der Waals surface area contributed by atoms with Crippen LogP contribution in [0.25, 0.3) is 0 Å². The molecule has 0 bridgehead atoms. The second-order valence-electron chi connectivity index (χ2n) is 4.36. The molecule has 0 radical (unpaired) electrons. The Morgan fingerprint density at radius 3 is 2.68 bits per heavy atom. The second-order valence-corrected chi connectivity index (χ2v) is 4.36. The van der Waals surface area contributed by atoms with Crippen LogP contribution in [0.1, 0.15) is 30.2 Å². The summed E-state index contributed by atoms with van der Waals surface area (Å²) in [6.45, 7) is 1.36. The van der Waals surface area contributed by atoms with Gasteiger partial charge in [-0.3, -0.25) is 9.59 Å². The molecule has 1 fully saturated rings. The third-order valence-electron chi connectivity index (χ3n) is 2.82. The number of primary amides is 1. The Labute approximate surface area is 108 Å². The van der Waals surface area contributed by atoms with Crippen LogP contribution in [-0.4, -0.2) is 55.0 Å². The lowest BCUT2D eigenvalue weighted by Gasteiger charge is -2.13. The summed E-state index contributed by atoms with van der Waals surface area (Å²) in [6.07, 6.45) is -3.18. The number of ketones is 1. The first-order chi connectivity index (χ1) is 8.90. The van der Waals surface area contributed by atoms with Gasteiger partial charge in [-0.25, -0.2) is 9.67 Å². The van der Waals surface area contributed by atoms with E-state index in [4.69, 9.17) is 10.5 Å². The van der Waals surface area contributed by atoms with Crippen LogP contribution in [0.3, 0.4) is 0 Å². The molecule has 0 spiro atoms. The van der Waals surface area contributed by atoms with Crippen molar-refractivity contribution in [3.05, 3.63) is 12.2 Å². The number of Topliss-reactive ketones (excluding diaryl/α,β-unsaturated/α-hetero) is 1. The minimum absolute atomic E-state index is 0.0217. The van der Waals surface area contributed by atoms with Crippen molar-refractivity contribution in [1.82, 2.24) is 14.8 Å². The summed E-state index contributed by atoms with van der Waals surface area (Å²) in [7, 11) is 0. The predicted octanol–water partition coefficient (Wildman–Crippen LogP) is -2.02. The summed E-state index contributed by atoms with van der Waals surface area (Å²) in [6, 6.07) is 0. The van der Waals surface area contributed by atoms with Gasteiger partial charge in [-0.15, -0.1) is 5.10 Å². The molecule has 9 nitrogen and oxygen atoms in total. The van der Waals surface area contributed by atoms with E-state index in [9.17, 15) is 19.8 Å². The highest BCUT2D eigenvalue weighted by Gasteiger charge is 2.44. The Morgan fingerprint density at radius 1 is 1.47 bits per heavy atom. The molecule has 9 heteroatoms. The van der Waals surface area contributed by atoms with Gasteiger partial charge < -0.3 is 20.7 Å². The summed E-state index contributed by atoms with van der Waals surface area (Å²) < 4.78 is 6.45. The van der Waals surface area contributed by atoms with E-state index in [2.05, 4.69) is 10.1 Å². The SMILES string of the molecule is CC(=O)CC1O[C@@H](n2cnc(C(N)=O)n2)C(O)C1O. The van der Waals surface area contributed by atoms with Crippen LogP contribution in [0.4, 0.5) is 0 Å². The lowest BCUT2D eigenvalue weighted by molar-refractivity contribution is -0.121. The quantitative estimate of drug-likeness (QED) is 0.573. The molecule has 104 valence electrons. The number of carbonyl (C=O) groups excluding carboxylic acids is 2. The fourth-order valence-corrected chi connectivity index (χ4v) is 1.91. The third-order valence-corrected chi connectivity index (χ3v) is 2.82. The average molecular weight is 270 g/mol. The highest BCUT2D eigenvalue weighted by atomic mass is 16.6. The summed E-state index contributed by atoms with van der Waals surface area (Å²) in [5.74, 6) is -1.21. The number of hydrogen-bond acceptors (Lipinski definition) is 7. The molecule has 1 aromatic heterocycles. The molecule has 2 rings (SSSR count). The fourth-order valence-electron chi connectivity index (χ4n) is 1.91. The van der Waals surface area contributed by atoms with E-state index in [0.29, 0.717) is 0 Å². The van der Waals surface area contributed by atoms with E-state index < -0.39 is 30.4 Å². The molecule has 2 heterocycles. The van der Waals surface area contributed by atoms with Crippen molar-refractivity contribution < 1.29 is 24.5 Å². The third kappa shape index (κ3) is 2.62. The van der Waals surface area contributed by atoms with Gasteiger partial charge in [0, 0.05) is 6.42 Å². The number of nitrogens with two attached hydrogens (primary N) is 1.